The minimum Gasteiger partial charge on any atom is -0.342 e. The quantitative estimate of drug-likeness (QED) is 0.857. The molecule has 0 aromatic heterocycles. The van der Waals surface area contributed by atoms with Gasteiger partial charge in [-0.1, -0.05) is 20.8 Å². The molecule has 0 aliphatic carbocycles. The molecule has 108 valence electrons. The summed E-state index contributed by atoms with van der Waals surface area (Å²) in [7, 11) is 0. The maximum Gasteiger partial charge on any atom is 0.246 e. The summed E-state index contributed by atoms with van der Waals surface area (Å²) < 4.78 is 0. The van der Waals surface area contributed by atoms with Gasteiger partial charge in [-0.05, 0) is 30.9 Å². The lowest BCUT2D eigenvalue weighted by Gasteiger charge is -2.45. The van der Waals surface area contributed by atoms with Crippen molar-refractivity contribution in [2.24, 2.45) is 5.92 Å². The Labute approximate surface area is 119 Å². The van der Waals surface area contributed by atoms with Gasteiger partial charge >= 0.3 is 0 Å². The lowest BCUT2D eigenvalue weighted by atomic mass is 9.94. The number of nitrogens with zero attached hydrogens (tertiary/aromatic N) is 1. The normalized spacial score (nSPS) is 32.6. The Hall–Kier alpha value is -0.710. The molecular weight excluding hydrogens is 260 g/mol. The van der Waals surface area contributed by atoms with E-state index >= 15 is 0 Å². The van der Waals surface area contributed by atoms with E-state index in [0.717, 1.165) is 18.6 Å². The van der Waals surface area contributed by atoms with Crippen LogP contribution < -0.4 is 5.32 Å². The van der Waals surface area contributed by atoms with Gasteiger partial charge < -0.3 is 10.2 Å². The van der Waals surface area contributed by atoms with Crippen molar-refractivity contribution in [3.05, 3.63) is 0 Å². The summed E-state index contributed by atoms with van der Waals surface area (Å²) in [5, 5.41) is 2.90. The smallest absolute Gasteiger partial charge is 0.246 e. The van der Waals surface area contributed by atoms with Crippen LogP contribution >= 0.6 is 11.8 Å². The van der Waals surface area contributed by atoms with E-state index in [0.29, 0.717) is 6.42 Å². The average molecular weight is 284 g/mol. The summed E-state index contributed by atoms with van der Waals surface area (Å²) in [5.74, 6) is 2.44. The first-order valence-corrected chi connectivity index (χ1v) is 8.42. The highest BCUT2D eigenvalue weighted by molar-refractivity contribution is 7.99. The second-order valence-corrected chi connectivity index (χ2v) is 6.92. The molecule has 3 atom stereocenters. The van der Waals surface area contributed by atoms with Crippen LogP contribution in [-0.2, 0) is 9.59 Å². The summed E-state index contributed by atoms with van der Waals surface area (Å²) in [6.45, 7) is 5.96. The van der Waals surface area contributed by atoms with Crippen LogP contribution in [0, 0.1) is 5.92 Å². The molecule has 2 aliphatic rings. The molecule has 2 saturated heterocycles. The molecule has 2 fully saturated rings. The zero-order chi connectivity index (χ0) is 14.0. The Balaban J connectivity index is 2.22. The summed E-state index contributed by atoms with van der Waals surface area (Å²) in [5.41, 5.74) is 0. The number of rotatable bonds is 3. The second kappa shape index (κ2) is 6.16. The lowest BCUT2D eigenvalue weighted by Crippen LogP contribution is -2.67. The zero-order valence-electron chi connectivity index (χ0n) is 12.0. The van der Waals surface area contributed by atoms with E-state index in [4.69, 9.17) is 0 Å². The molecule has 0 aromatic carbocycles. The molecule has 0 radical (unpaired) electrons. The number of thioether (sulfide) groups is 1. The fraction of sp³-hybridized carbons (Fsp3) is 0.857. The van der Waals surface area contributed by atoms with Crippen LogP contribution in [0.1, 0.15) is 40.0 Å². The Bertz CT molecular complexity index is 353. The molecule has 0 spiro atoms. The van der Waals surface area contributed by atoms with E-state index in [1.54, 1.807) is 0 Å². The predicted octanol–water partition coefficient (Wildman–Crippen LogP) is 1.64. The molecule has 2 heterocycles. The van der Waals surface area contributed by atoms with Crippen molar-refractivity contribution in [3.8, 4) is 0 Å². The first-order chi connectivity index (χ1) is 9.06. The minimum absolute atomic E-state index is 0.0244. The average Bonchev–Trinajstić information content (AvgIpc) is 2.41. The van der Waals surface area contributed by atoms with Crippen molar-refractivity contribution in [1.82, 2.24) is 10.2 Å². The maximum absolute atomic E-state index is 12.7. The van der Waals surface area contributed by atoms with Gasteiger partial charge in [0.25, 0.3) is 0 Å². The molecule has 2 amide bonds. The number of amides is 2. The van der Waals surface area contributed by atoms with Gasteiger partial charge in [-0.2, -0.15) is 11.8 Å². The fourth-order valence-corrected chi connectivity index (χ4v) is 4.10. The highest BCUT2D eigenvalue weighted by Crippen LogP contribution is 2.27. The summed E-state index contributed by atoms with van der Waals surface area (Å²) in [6.07, 6.45) is 2.88. The van der Waals surface area contributed by atoms with Gasteiger partial charge in [0.15, 0.2) is 0 Å². The minimum atomic E-state index is -0.345. The van der Waals surface area contributed by atoms with E-state index in [1.165, 1.54) is 5.75 Å². The number of piperazine rings is 1. The van der Waals surface area contributed by atoms with Crippen molar-refractivity contribution in [3.63, 3.8) is 0 Å². The third-order valence-corrected chi connectivity index (χ3v) is 5.24. The van der Waals surface area contributed by atoms with Crippen molar-refractivity contribution in [2.75, 3.05) is 11.5 Å². The Morgan fingerprint density at radius 2 is 2.16 bits per heavy atom. The predicted molar refractivity (Wildman–Crippen MR) is 78.0 cm³/mol. The van der Waals surface area contributed by atoms with E-state index < -0.39 is 0 Å². The molecule has 0 saturated carbocycles. The SMILES string of the molecule is CCC1C(=O)NC(C(C)C)C(=O)N1C1CCCSC1. The van der Waals surface area contributed by atoms with Crippen molar-refractivity contribution >= 4 is 23.6 Å². The topological polar surface area (TPSA) is 49.4 Å². The Morgan fingerprint density at radius 3 is 2.68 bits per heavy atom. The van der Waals surface area contributed by atoms with E-state index in [2.05, 4.69) is 5.32 Å². The maximum atomic E-state index is 12.7. The zero-order valence-corrected chi connectivity index (χ0v) is 12.8. The van der Waals surface area contributed by atoms with Gasteiger partial charge in [-0.15, -0.1) is 0 Å². The van der Waals surface area contributed by atoms with E-state index in [1.807, 2.05) is 37.4 Å². The fourth-order valence-electron chi connectivity index (χ4n) is 2.96. The number of hydrogen-bond acceptors (Lipinski definition) is 3. The highest BCUT2D eigenvalue weighted by Gasteiger charge is 2.43. The number of carbonyl (C=O) groups excluding carboxylic acids is 2. The van der Waals surface area contributed by atoms with E-state index in [9.17, 15) is 9.59 Å². The van der Waals surface area contributed by atoms with Crippen LogP contribution in [0.3, 0.4) is 0 Å². The monoisotopic (exact) mass is 284 g/mol. The van der Waals surface area contributed by atoms with Crippen molar-refractivity contribution in [1.29, 1.82) is 0 Å². The van der Waals surface area contributed by atoms with Gasteiger partial charge in [0.2, 0.25) is 11.8 Å². The van der Waals surface area contributed by atoms with Crippen LogP contribution in [0.25, 0.3) is 0 Å². The molecule has 4 nitrogen and oxygen atoms in total. The summed E-state index contributed by atoms with van der Waals surface area (Å²) in [6, 6.07) is -0.378. The van der Waals surface area contributed by atoms with E-state index in [-0.39, 0.29) is 35.9 Å². The van der Waals surface area contributed by atoms with Crippen LogP contribution in [0.5, 0.6) is 0 Å². The molecule has 2 rings (SSSR count). The van der Waals surface area contributed by atoms with Gasteiger partial charge in [-0.3, -0.25) is 9.59 Å². The standard InChI is InChI=1S/C14H24N2O2S/c1-4-11-13(17)15-12(9(2)3)14(18)16(11)10-6-5-7-19-8-10/h9-12H,4-8H2,1-3H3,(H,15,17). The first-order valence-electron chi connectivity index (χ1n) is 7.26. The third kappa shape index (κ3) is 2.91. The largest absolute Gasteiger partial charge is 0.342 e. The Morgan fingerprint density at radius 1 is 1.42 bits per heavy atom. The van der Waals surface area contributed by atoms with Gasteiger partial charge in [0.1, 0.15) is 12.1 Å². The Kier molecular flexibility index (Phi) is 4.76. The van der Waals surface area contributed by atoms with Crippen LogP contribution in [-0.4, -0.2) is 46.3 Å². The number of carbonyl (C=O) groups is 2. The molecule has 0 bridgehead atoms. The summed E-state index contributed by atoms with van der Waals surface area (Å²) >= 11 is 1.90. The van der Waals surface area contributed by atoms with Gasteiger partial charge in [0.05, 0.1) is 0 Å². The molecule has 5 heteroatoms. The van der Waals surface area contributed by atoms with Gasteiger partial charge in [-0.25, -0.2) is 0 Å². The molecule has 0 aromatic rings. The highest BCUT2D eigenvalue weighted by atomic mass is 32.2. The van der Waals surface area contributed by atoms with Crippen molar-refractivity contribution < 1.29 is 9.59 Å². The molecular formula is C14H24N2O2S. The van der Waals surface area contributed by atoms with Crippen LogP contribution in [0.15, 0.2) is 0 Å². The van der Waals surface area contributed by atoms with Crippen molar-refractivity contribution in [2.45, 2.75) is 58.2 Å². The van der Waals surface area contributed by atoms with Gasteiger partial charge in [0, 0.05) is 11.8 Å². The molecule has 2 aliphatic heterocycles. The lowest BCUT2D eigenvalue weighted by molar-refractivity contribution is -0.153. The number of nitrogens with one attached hydrogen (secondary N) is 1. The third-order valence-electron chi connectivity index (χ3n) is 4.04. The number of hydrogen-bond donors (Lipinski definition) is 1. The molecule has 1 N–H and O–H groups in total. The second-order valence-electron chi connectivity index (χ2n) is 5.77. The van der Waals surface area contributed by atoms with Crippen LogP contribution in [0.4, 0.5) is 0 Å². The van der Waals surface area contributed by atoms with Crippen LogP contribution in [0.2, 0.25) is 0 Å². The molecule has 3 unspecified atom stereocenters. The molecule has 19 heavy (non-hydrogen) atoms. The summed E-state index contributed by atoms with van der Waals surface area (Å²) in [4.78, 5) is 26.8. The first kappa shape index (κ1) is 14.7.